The molecule has 1 saturated heterocycles. The van der Waals surface area contributed by atoms with E-state index in [1.807, 2.05) is 0 Å². The molecule has 1 atom stereocenters. The average molecular weight is 367 g/mol. The standard InChI is InChI=1S/C13H15F5N2.2ClH/c14-9-1-2-11(15)10(7-9)12(8-13(16,17)18)20-5-3-19-4-6-20;;/h1-2,7,12,19H,3-6,8H2;2*1H/t12-;;/m0../s1. The fourth-order valence-corrected chi connectivity index (χ4v) is 2.42. The first-order chi connectivity index (χ1) is 9.37. The van der Waals surface area contributed by atoms with Gasteiger partial charge in [-0.25, -0.2) is 8.78 Å². The summed E-state index contributed by atoms with van der Waals surface area (Å²) in [6, 6.07) is 1.44. The Morgan fingerprint density at radius 3 is 2.23 bits per heavy atom. The fourth-order valence-electron chi connectivity index (χ4n) is 2.42. The van der Waals surface area contributed by atoms with Crippen LogP contribution in [0.2, 0.25) is 0 Å². The van der Waals surface area contributed by atoms with Gasteiger partial charge >= 0.3 is 6.18 Å². The molecule has 1 aliphatic heterocycles. The van der Waals surface area contributed by atoms with E-state index in [0.29, 0.717) is 26.2 Å². The third-order valence-electron chi connectivity index (χ3n) is 3.33. The minimum atomic E-state index is -4.44. The molecular weight excluding hydrogens is 350 g/mol. The van der Waals surface area contributed by atoms with E-state index in [-0.39, 0.29) is 30.4 Å². The zero-order valence-corrected chi connectivity index (χ0v) is 13.1. The van der Waals surface area contributed by atoms with Crippen LogP contribution in [0.5, 0.6) is 0 Å². The minimum Gasteiger partial charge on any atom is -0.314 e. The molecule has 0 bridgehead atoms. The third-order valence-corrected chi connectivity index (χ3v) is 3.33. The lowest BCUT2D eigenvalue weighted by molar-refractivity contribution is -0.149. The predicted molar refractivity (Wildman–Crippen MR) is 78.7 cm³/mol. The SMILES string of the molecule is Cl.Cl.Fc1ccc(F)c([C@H](CC(F)(F)F)N2CCNCC2)c1. The van der Waals surface area contributed by atoms with Crippen molar-refractivity contribution in [3.63, 3.8) is 0 Å². The van der Waals surface area contributed by atoms with Crippen molar-refractivity contribution in [1.82, 2.24) is 10.2 Å². The van der Waals surface area contributed by atoms with Gasteiger partial charge in [-0.15, -0.1) is 24.8 Å². The van der Waals surface area contributed by atoms with Gasteiger partial charge in [0, 0.05) is 37.8 Å². The number of hydrogen-bond acceptors (Lipinski definition) is 2. The number of halogens is 7. The van der Waals surface area contributed by atoms with Gasteiger partial charge in [-0.1, -0.05) is 0 Å². The molecule has 0 radical (unpaired) electrons. The molecule has 0 amide bonds. The molecule has 0 aliphatic carbocycles. The molecule has 0 aromatic heterocycles. The van der Waals surface area contributed by atoms with Crippen LogP contribution in [0.15, 0.2) is 18.2 Å². The molecular formula is C13H17Cl2F5N2. The van der Waals surface area contributed by atoms with E-state index in [2.05, 4.69) is 5.32 Å². The molecule has 128 valence electrons. The summed E-state index contributed by atoms with van der Waals surface area (Å²) >= 11 is 0. The first kappa shape index (κ1) is 21.4. The minimum absolute atomic E-state index is 0. The lowest BCUT2D eigenvalue weighted by Crippen LogP contribution is -2.46. The van der Waals surface area contributed by atoms with E-state index in [4.69, 9.17) is 0 Å². The summed E-state index contributed by atoms with van der Waals surface area (Å²) in [5.41, 5.74) is -0.232. The lowest BCUT2D eigenvalue weighted by atomic mass is 10.00. The maximum Gasteiger partial charge on any atom is 0.390 e. The number of nitrogens with one attached hydrogen (secondary N) is 1. The number of benzene rings is 1. The van der Waals surface area contributed by atoms with Crippen LogP contribution in [0.3, 0.4) is 0 Å². The van der Waals surface area contributed by atoms with Crippen molar-refractivity contribution in [2.24, 2.45) is 0 Å². The highest BCUT2D eigenvalue weighted by Crippen LogP contribution is 2.35. The molecule has 1 heterocycles. The topological polar surface area (TPSA) is 15.3 Å². The van der Waals surface area contributed by atoms with Crippen molar-refractivity contribution in [1.29, 1.82) is 0 Å². The van der Waals surface area contributed by atoms with Gasteiger partial charge in [0.05, 0.1) is 6.42 Å². The number of rotatable bonds is 3. The molecule has 0 saturated carbocycles. The molecule has 1 N–H and O–H groups in total. The van der Waals surface area contributed by atoms with E-state index >= 15 is 0 Å². The second-order valence-corrected chi connectivity index (χ2v) is 4.79. The zero-order chi connectivity index (χ0) is 14.8. The molecule has 0 spiro atoms. The number of piperazine rings is 1. The van der Waals surface area contributed by atoms with Crippen LogP contribution in [0.4, 0.5) is 22.0 Å². The van der Waals surface area contributed by atoms with E-state index < -0.39 is 30.3 Å². The Hall–Kier alpha value is -0.630. The fraction of sp³-hybridized carbons (Fsp3) is 0.538. The molecule has 22 heavy (non-hydrogen) atoms. The van der Waals surface area contributed by atoms with Crippen LogP contribution >= 0.6 is 24.8 Å². The monoisotopic (exact) mass is 366 g/mol. The molecule has 2 rings (SSSR count). The summed E-state index contributed by atoms with van der Waals surface area (Å²) in [5.74, 6) is -1.54. The Morgan fingerprint density at radius 2 is 1.68 bits per heavy atom. The Morgan fingerprint density at radius 1 is 1.09 bits per heavy atom. The second kappa shape index (κ2) is 8.86. The van der Waals surface area contributed by atoms with Crippen molar-refractivity contribution in [2.75, 3.05) is 26.2 Å². The normalized spacial score (nSPS) is 17.3. The summed E-state index contributed by atoms with van der Waals surface area (Å²) in [7, 11) is 0. The first-order valence-corrected chi connectivity index (χ1v) is 6.33. The maximum absolute atomic E-state index is 13.8. The zero-order valence-electron chi connectivity index (χ0n) is 11.5. The molecule has 1 aromatic rings. The third kappa shape index (κ3) is 5.87. The van der Waals surface area contributed by atoms with Gasteiger partial charge in [0.2, 0.25) is 0 Å². The smallest absolute Gasteiger partial charge is 0.314 e. The van der Waals surface area contributed by atoms with Gasteiger partial charge in [0.1, 0.15) is 11.6 Å². The number of nitrogens with zero attached hydrogens (tertiary/aromatic N) is 1. The summed E-state index contributed by atoms with van der Waals surface area (Å²) in [6.07, 6.45) is -5.62. The summed E-state index contributed by atoms with van der Waals surface area (Å²) in [5, 5.41) is 3.02. The molecule has 1 aliphatic rings. The second-order valence-electron chi connectivity index (χ2n) is 4.79. The van der Waals surface area contributed by atoms with Crippen molar-refractivity contribution in [3.05, 3.63) is 35.4 Å². The van der Waals surface area contributed by atoms with Gasteiger partial charge in [0.15, 0.2) is 0 Å². The van der Waals surface area contributed by atoms with Gasteiger partial charge in [-0.2, -0.15) is 13.2 Å². The van der Waals surface area contributed by atoms with E-state index in [1.165, 1.54) is 0 Å². The molecule has 0 unspecified atom stereocenters. The van der Waals surface area contributed by atoms with Crippen LogP contribution in [0, 0.1) is 11.6 Å². The van der Waals surface area contributed by atoms with Gasteiger partial charge < -0.3 is 5.32 Å². The largest absolute Gasteiger partial charge is 0.390 e. The van der Waals surface area contributed by atoms with Crippen molar-refractivity contribution < 1.29 is 22.0 Å². The molecule has 9 heteroatoms. The highest BCUT2D eigenvalue weighted by molar-refractivity contribution is 5.85. The van der Waals surface area contributed by atoms with Crippen LogP contribution in [-0.2, 0) is 0 Å². The van der Waals surface area contributed by atoms with Crippen molar-refractivity contribution in [2.45, 2.75) is 18.6 Å². The van der Waals surface area contributed by atoms with Crippen LogP contribution < -0.4 is 5.32 Å². The van der Waals surface area contributed by atoms with E-state index in [1.54, 1.807) is 4.90 Å². The Labute approximate surface area is 137 Å². The van der Waals surface area contributed by atoms with Gasteiger partial charge in [0.25, 0.3) is 0 Å². The quantitative estimate of drug-likeness (QED) is 0.820. The van der Waals surface area contributed by atoms with Crippen LogP contribution in [0.25, 0.3) is 0 Å². The van der Waals surface area contributed by atoms with Gasteiger partial charge in [-0.05, 0) is 18.2 Å². The Bertz CT molecular complexity index is 464. The first-order valence-electron chi connectivity index (χ1n) is 6.33. The lowest BCUT2D eigenvalue weighted by Gasteiger charge is -2.35. The Balaban J connectivity index is 0.00000220. The maximum atomic E-state index is 13.8. The highest BCUT2D eigenvalue weighted by Gasteiger charge is 2.37. The number of alkyl halides is 3. The Kier molecular flexibility index (Phi) is 8.61. The summed E-state index contributed by atoms with van der Waals surface area (Å²) in [4.78, 5) is 1.54. The predicted octanol–water partition coefficient (Wildman–Crippen LogP) is 3.71. The van der Waals surface area contributed by atoms with E-state index in [0.717, 1.165) is 18.2 Å². The molecule has 1 fully saturated rings. The van der Waals surface area contributed by atoms with Crippen molar-refractivity contribution in [3.8, 4) is 0 Å². The van der Waals surface area contributed by atoms with E-state index in [9.17, 15) is 22.0 Å². The average Bonchev–Trinajstić information content (AvgIpc) is 2.39. The molecule has 2 nitrogen and oxygen atoms in total. The number of hydrogen-bond donors (Lipinski definition) is 1. The van der Waals surface area contributed by atoms with Gasteiger partial charge in [-0.3, -0.25) is 4.90 Å². The van der Waals surface area contributed by atoms with Crippen molar-refractivity contribution >= 4 is 24.8 Å². The highest BCUT2D eigenvalue weighted by atomic mass is 35.5. The van der Waals surface area contributed by atoms with Crippen LogP contribution in [0.1, 0.15) is 18.0 Å². The summed E-state index contributed by atoms with van der Waals surface area (Å²) in [6.45, 7) is 1.81. The van der Waals surface area contributed by atoms with Crippen LogP contribution in [-0.4, -0.2) is 37.3 Å². The summed E-state index contributed by atoms with van der Waals surface area (Å²) < 4.78 is 65.2. The molecule has 1 aromatic carbocycles.